The van der Waals surface area contributed by atoms with Crippen molar-refractivity contribution < 1.29 is 0 Å². The molecule has 1 atom stereocenters. The third-order valence-electron chi connectivity index (χ3n) is 3.31. The standard InChI is InChI=1S/C17H28ClNS/c1-4-20-10-6-8-16(13-19-12-14(2)3)15-7-5-9-17(18)11-15/h5,7,9,11,14,16,19H,4,6,8,10,12-13H2,1-3H3. The third kappa shape index (κ3) is 7.56. The highest BCUT2D eigenvalue weighted by molar-refractivity contribution is 7.99. The van der Waals surface area contributed by atoms with Gasteiger partial charge >= 0.3 is 0 Å². The minimum absolute atomic E-state index is 0.574. The number of benzene rings is 1. The zero-order valence-electron chi connectivity index (χ0n) is 13.0. The lowest BCUT2D eigenvalue weighted by molar-refractivity contribution is 0.498. The molecule has 0 fully saturated rings. The second-order valence-corrected chi connectivity index (χ2v) is 7.47. The smallest absolute Gasteiger partial charge is 0.0408 e. The maximum Gasteiger partial charge on any atom is 0.0408 e. The van der Waals surface area contributed by atoms with Crippen LogP contribution >= 0.6 is 23.4 Å². The zero-order valence-corrected chi connectivity index (χ0v) is 14.6. The van der Waals surface area contributed by atoms with E-state index < -0.39 is 0 Å². The van der Waals surface area contributed by atoms with Gasteiger partial charge in [0, 0.05) is 11.6 Å². The van der Waals surface area contributed by atoms with E-state index >= 15 is 0 Å². The minimum atomic E-state index is 0.574. The van der Waals surface area contributed by atoms with Crippen molar-refractivity contribution in [1.82, 2.24) is 5.32 Å². The van der Waals surface area contributed by atoms with Gasteiger partial charge in [0.1, 0.15) is 0 Å². The topological polar surface area (TPSA) is 12.0 Å². The highest BCUT2D eigenvalue weighted by Crippen LogP contribution is 2.24. The number of halogens is 1. The Bertz CT molecular complexity index is 368. The first-order valence-electron chi connectivity index (χ1n) is 7.67. The second kappa shape index (κ2) is 10.5. The van der Waals surface area contributed by atoms with Gasteiger partial charge in [-0.15, -0.1) is 0 Å². The van der Waals surface area contributed by atoms with E-state index in [1.807, 2.05) is 17.8 Å². The summed E-state index contributed by atoms with van der Waals surface area (Å²) in [7, 11) is 0. The Morgan fingerprint density at radius 1 is 1.25 bits per heavy atom. The summed E-state index contributed by atoms with van der Waals surface area (Å²) in [5.74, 6) is 3.75. The molecule has 1 rings (SSSR count). The number of hydrogen-bond acceptors (Lipinski definition) is 2. The molecule has 0 saturated carbocycles. The van der Waals surface area contributed by atoms with Gasteiger partial charge in [-0.2, -0.15) is 11.8 Å². The van der Waals surface area contributed by atoms with Crippen LogP contribution in [0, 0.1) is 5.92 Å². The Labute approximate surface area is 133 Å². The summed E-state index contributed by atoms with van der Waals surface area (Å²) in [5, 5.41) is 4.44. The molecule has 0 amide bonds. The zero-order chi connectivity index (χ0) is 14.8. The number of thioether (sulfide) groups is 1. The molecule has 0 bridgehead atoms. The number of rotatable bonds is 10. The van der Waals surface area contributed by atoms with Crippen molar-refractivity contribution in [3.8, 4) is 0 Å². The first-order valence-corrected chi connectivity index (χ1v) is 9.20. The molecule has 0 aliphatic rings. The fourth-order valence-corrected chi connectivity index (χ4v) is 3.13. The van der Waals surface area contributed by atoms with Crippen LogP contribution in [-0.4, -0.2) is 24.6 Å². The summed E-state index contributed by atoms with van der Waals surface area (Å²) in [6.07, 6.45) is 2.51. The van der Waals surface area contributed by atoms with Gasteiger partial charge in [-0.25, -0.2) is 0 Å². The Balaban J connectivity index is 2.53. The molecular weight excluding hydrogens is 286 g/mol. The molecule has 1 aromatic rings. The molecule has 1 aromatic carbocycles. The summed E-state index contributed by atoms with van der Waals surface area (Å²) >= 11 is 8.16. The van der Waals surface area contributed by atoms with Gasteiger partial charge in [-0.05, 0) is 60.4 Å². The van der Waals surface area contributed by atoms with Crippen molar-refractivity contribution in [3.63, 3.8) is 0 Å². The lowest BCUT2D eigenvalue weighted by atomic mass is 9.94. The molecule has 1 N–H and O–H groups in total. The van der Waals surface area contributed by atoms with Crippen molar-refractivity contribution in [2.24, 2.45) is 5.92 Å². The monoisotopic (exact) mass is 313 g/mol. The highest BCUT2D eigenvalue weighted by atomic mass is 35.5. The van der Waals surface area contributed by atoms with Crippen LogP contribution in [0.15, 0.2) is 24.3 Å². The number of nitrogens with one attached hydrogen (secondary N) is 1. The Morgan fingerprint density at radius 2 is 2.05 bits per heavy atom. The Morgan fingerprint density at radius 3 is 2.70 bits per heavy atom. The highest BCUT2D eigenvalue weighted by Gasteiger charge is 2.11. The van der Waals surface area contributed by atoms with Gasteiger partial charge in [-0.1, -0.05) is 44.5 Å². The van der Waals surface area contributed by atoms with Crippen LogP contribution < -0.4 is 5.32 Å². The SMILES string of the molecule is CCSCCCC(CNCC(C)C)c1cccc(Cl)c1. The molecule has 0 saturated heterocycles. The van der Waals surface area contributed by atoms with Crippen LogP contribution in [0.3, 0.4) is 0 Å². The molecular formula is C17H28ClNS. The lowest BCUT2D eigenvalue weighted by Crippen LogP contribution is -2.25. The van der Waals surface area contributed by atoms with E-state index in [0.717, 1.165) is 18.1 Å². The van der Waals surface area contributed by atoms with Gasteiger partial charge in [-0.3, -0.25) is 0 Å². The van der Waals surface area contributed by atoms with Gasteiger partial charge < -0.3 is 5.32 Å². The van der Waals surface area contributed by atoms with Crippen LogP contribution in [0.25, 0.3) is 0 Å². The second-order valence-electron chi connectivity index (χ2n) is 5.64. The molecule has 114 valence electrons. The normalized spacial score (nSPS) is 12.8. The van der Waals surface area contributed by atoms with E-state index in [4.69, 9.17) is 11.6 Å². The molecule has 1 nitrogen and oxygen atoms in total. The fourth-order valence-electron chi connectivity index (χ4n) is 2.27. The largest absolute Gasteiger partial charge is 0.316 e. The van der Waals surface area contributed by atoms with Crippen molar-refractivity contribution in [2.45, 2.75) is 39.5 Å². The maximum atomic E-state index is 6.13. The summed E-state index contributed by atoms with van der Waals surface area (Å²) in [4.78, 5) is 0. The van der Waals surface area contributed by atoms with E-state index in [9.17, 15) is 0 Å². The van der Waals surface area contributed by atoms with Crippen LogP contribution in [0.1, 0.15) is 45.1 Å². The first-order chi connectivity index (χ1) is 9.63. The predicted molar refractivity (Wildman–Crippen MR) is 94.1 cm³/mol. The quantitative estimate of drug-likeness (QED) is 0.596. The lowest BCUT2D eigenvalue weighted by Gasteiger charge is -2.19. The van der Waals surface area contributed by atoms with Gasteiger partial charge in [0.05, 0.1) is 0 Å². The molecule has 0 aliphatic heterocycles. The van der Waals surface area contributed by atoms with Gasteiger partial charge in [0.2, 0.25) is 0 Å². The summed E-state index contributed by atoms with van der Waals surface area (Å²) in [6, 6.07) is 8.35. The summed E-state index contributed by atoms with van der Waals surface area (Å²) in [6.45, 7) is 8.86. The molecule has 0 spiro atoms. The first kappa shape index (κ1) is 17.9. The molecule has 0 radical (unpaired) electrons. The van der Waals surface area contributed by atoms with E-state index in [0.29, 0.717) is 11.8 Å². The molecule has 0 aliphatic carbocycles. The van der Waals surface area contributed by atoms with Crippen molar-refractivity contribution in [3.05, 3.63) is 34.9 Å². The third-order valence-corrected chi connectivity index (χ3v) is 4.53. The Kier molecular flexibility index (Phi) is 9.41. The number of hydrogen-bond donors (Lipinski definition) is 1. The molecule has 0 heterocycles. The Hall–Kier alpha value is -0.180. The van der Waals surface area contributed by atoms with E-state index in [-0.39, 0.29) is 0 Å². The molecule has 1 unspecified atom stereocenters. The van der Waals surface area contributed by atoms with E-state index in [1.165, 1.54) is 29.9 Å². The van der Waals surface area contributed by atoms with Crippen molar-refractivity contribution >= 4 is 23.4 Å². The van der Waals surface area contributed by atoms with Gasteiger partial charge in [0.25, 0.3) is 0 Å². The average Bonchev–Trinajstić information content (AvgIpc) is 2.41. The van der Waals surface area contributed by atoms with Crippen LogP contribution in [0.2, 0.25) is 5.02 Å². The molecule has 3 heteroatoms. The fraction of sp³-hybridized carbons (Fsp3) is 0.647. The average molecular weight is 314 g/mol. The summed E-state index contributed by atoms with van der Waals surface area (Å²) in [5.41, 5.74) is 1.37. The summed E-state index contributed by atoms with van der Waals surface area (Å²) < 4.78 is 0. The van der Waals surface area contributed by atoms with Crippen molar-refractivity contribution in [2.75, 3.05) is 24.6 Å². The predicted octanol–water partition coefficient (Wildman–Crippen LogP) is 5.20. The minimum Gasteiger partial charge on any atom is -0.316 e. The molecule has 0 aromatic heterocycles. The van der Waals surface area contributed by atoms with Gasteiger partial charge in [0.15, 0.2) is 0 Å². The van der Waals surface area contributed by atoms with Crippen LogP contribution in [0.4, 0.5) is 0 Å². The van der Waals surface area contributed by atoms with E-state index in [2.05, 4.69) is 44.3 Å². The van der Waals surface area contributed by atoms with Crippen LogP contribution in [0.5, 0.6) is 0 Å². The van der Waals surface area contributed by atoms with E-state index in [1.54, 1.807) is 0 Å². The molecule has 20 heavy (non-hydrogen) atoms. The van der Waals surface area contributed by atoms with Crippen molar-refractivity contribution in [1.29, 1.82) is 0 Å². The maximum absolute atomic E-state index is 6.13. The van der Waals surface area contributed by atoms with Crippen LogP contribution in [-0.2, 0) is 0 Å².